The molecule has 0 bridgehead atoms. The first kappa shape index (κ1) is 40.5. The fourth-order valence-corrected chi connectivity index (χ4v) is 4.67. The van der Waals surface area contributed by atoms with Crippen molar-refractivity contribution in [3.63, 3.8) is 0 Å². The molecule has 0 aliphatic carbocycles. The Labute approximate surface area is 246 Å². The van der Waals surface area contributed by atoms with Gasteiger partial charge in [-0.15, -0.1) is 0 Å². The van der Waals surface area contributed by atoms with E-state index in [2.05, 4.69) is 13.8 Å². The van der Waals surface area contributed by atoms with Crippen molar-refractivity contribution in [3.05, 3.63) is 0 Å². The number of carbonyl (C=O) groups is 3. The molecule has 8 heteroatoms. The molecule has 0 aromatic rings. The second-order valence-corrected chi connectivity index (χ2v) is 11.2. The molecule has 0 heterocycles. The predicted octanol–water partition coefficient (Wildman–Crippen LogP) is 7.44. The number of aliphatic carboxylic acids is 2. The maximum atomic E-state index is 11.5. The van der Waals surface area contributed by atoms with Crippen LogP contribution < -0.4 is 5.73 Å². The Kier molecular flexibility index (Phi) is 30.6. The summed E-state index contributed by atoms with van der Waals surface area (Å²) in [7, 11) is 1.55. The first-order valence-electron chi connectivity index (χ1n) is 16.4. The number of carbonyl (C=O) groups excluding carboxylic acids is 1. The molecule has 0 saturated heterocycles. The number of hydrogen-bond acceptors (Lipinski definition) is 5. The van der Waals surface area contributed by atoms with Gasteiger partial charge in [0, 0.05) is 20.0 Å². The average molecular weight is 572 g/mol. The molecule has 0 aliphatic rings. The second-order valence-electron chi connectivity index (χ2n) is 11.2. The third-order valence-corrected chi connectivity index (χ3v) is 7.32. The van der Waals surface area contributed by atoms with Crippen LogP contribution in [0.2, 0.25) is 0 Å². The zero-order valence-electron chi connectivity index (χ0n) is 26.6. The van der Waals surface area contributed by atoms with Gasteiger partial charge in [-0.3, -0.25) is 19.3 Å². The van der Waals surface area contributed by atoms with E-state index in [0.29, 0.717) is 6.42 Å². The van der Waals surface area contributed by atoms with Gasteiger partial charge in [-0.25, -0.2) is 0 Å². The molecule has 0 radical (unpaired) electrons. The summed E-state index contributed by atoms with van der Waals surface area (Å²) in [4.78, 5) is 36.0. The molecule has 0 saturated carbocycles. The SMILES string of the molecule is CCCCCCCCCCCC(=O)N(C)CC(=O)O.CCCCCCCCCCCCN(CC(=O)O)C(N)CC. The van der Waals surface area contributed by atoms with Gasteiger partial charge in [0.25, 0.3) is 0 Å². The van der Waals surface area contributed by atoms with Gasteiger partial charge >= 0.3 is 11.9 Å². The van der Waals surface area contributed by atoms with Gasteiger partial charge in [0.1, 0.15) is 6.54 Å². The monoisotopic (exact) mass is 571 g/mol. The Morgan fingerprint density at radius 3 is 1.35 bits per heavy atom. The number of nitrogens with two attached hydrogens (primary N) is 1. The third kappa shape index (κ3) is 29.3. The van der Waals surface area contributed by atoms with Gasteiger partial charge in [0.05, 0.1) is 12.7 Å². The number of carboxylic acid groups (broad SMARTS) is 2. The minimum atomic E-state index is -0.956. The minimum absolute atomic E-state index is 0.0619. The van der Waals surface area contributed by atoms with E-state index in [1.165, 1.54) is 108 Å². The summed E-state index contributed by atoms with van der Waals surface area (Å²) < 4.78 is 0. The van der Waals surface area contributed by atoms with E-state index in [-0.39, 0.29) is 25.2 Å². The highest BCUT2D eigenvalue weighted by Gasteiger charge is 2.15. The summed E-state index contributed by atoms with van der Waals surface area (Å²) >= 11 is 0. The Bertz CT molecular complexity index is 603. The molecular formula is C32H65N3O5. The number of carboxylic acids is 2. The van der Waals surface area contributed by atoms with E-state index >= 15 is 0 Å². The van der Waals surface area contributed by atoms with Crippen LogP contribution in [0.1, 0.15) is 156 Å². The number of amides is 1. The number of nitrogens with zero attached hydrogens (tertiary/aromatic N) is 2. The lowest BCUT2D eigenvalue weighted by Crippen LogP contribution is -2.44. The van der Waals surface area contributed by atoms with Gasteiger partial charge in [0.2, 0.25) is 5.91 Å². The van der Waals surface area contributed by atoms with Gasteiger partial charge in [-0.05, 0) is 19.3 Å². The zero-order chi connectivity index (χ0) is 30.4. The largest absolute Gasteiger partial charge is 0.480 e. The molecule has 0 spiro atoms. The van der Waals surface area contributed by atoms with Crippen LogP contribution in [0.5, 0.6) is 0 Å². The van der Waals surface area contributed by atoms with Crippen LogP contribution in [-0.2, 0) is 14.4 Å². The van der Waals surface area contributed by atoms with Crippen molar-refractivity contribution in [2.45, 2.75) is 162 Å². The smallest absolute Gasteiger partial charge is 0.323 e. The van der Waals surface area contributed by atoms with E-state index < -0.39 is 11.9 Å². The lowest BCUT2D eigenvalue weighted by atomic mass is 10.1. The van der Waals surface area contributed by atoms with Gasteiger partial charge < -0.3 is 20.8 Å². The van der Waals surface area contributed by atoms with Crippen molar-refractivity contribution in [2.75, 3.05) is 26.7 Å². The van der Waals surface area contributed by atoms with Crippen molar-refractivity contribution in [2.24, 2.45) is 5.73 Å². The molecule has 0 rings (SSSR count). The van der Waals surface area contributed by atoms with Crippen molar-refractivity contribution in [1.82, 2.24) is 9.80 Å². The zero-order valence-corrected chi connectivity index (χ0v) is 26.6. The Morgan fingerprint density at radius 2 is 0.975 bits per heavy atom. The van der Waals surface area contributed by atoms with E-state index in [1.807, 2.05) is 11.8 Å². The highest BCUT2D eigenvalue weighted by molar-refractivity contribution is 5.80. The Hall–Kier alpha value is -1.67. The van der Waals surface area contributed by atoms with Crippen LogP contribution in [0, 0.1) is 0 Å². The number of rotatable bonds is 27. The van der Waals surface area contributed by atoms with Gasteiger partial charge in [0.15, 0.2) is 0 Å². The maximum Gasteiger partial charge on any atom is 0.323 e. The van der Waals surface area contributed by atoms with Crippen molar-refractivity contribution >= 4 is 17.8 Å². The summed E-state index contributed by atoms with van der Waals surface area (Å²) in [6, 6.07) is 0. The van der Waals surface area contributed by atoms with Crippen LogP contribution in [0.25, 0.3) is 0 Å². The van der Waals surface area contributed by atoms with Crippen LogP contribution in [0.15, 0.2) is 0 Å². The molecule has 0 aliphatic heterocycles. The molecule has 1 atom stereocenters. The predicted molar refractivity (Wildman–Crippen MR) is 166 cm³/mol. The third-order valence-electron chi connectivity index (χ3n) is 7.32. The highest BCUT2D eigenvalue weighted by atomic mass is 16.4. The summed E-state index contributed by atoms with van der Waals surface area (Å²) in [5, 5.41) is 17.5. The summed E-state index contributed by atoms with van der Waals surface area (Å²) in [6.45, 7) is 7.13. The fourth-order valence-electron chi connectivity index (χ4n) is 4.67. The van der Waals surface area contributed by atoms with Crippen LogP contribution >= 0.6 is 0 Å². The lowest BCUT2D eigenvalue weighted by molar-refractivity contribution is -0.143. The van der Waals surface area contributed by atoms with E-state index in [1.54, 1.807) is 7.05 Å². The molecule has 0 aromatic heterocycles. The number of likely N-dealkylation sites (N-methyl/N-ethyl adjacent to an activating group) is 1. The fraction of sp³-hybridized carbons (Fsp3) is 0.906. The Morgan fingerprint density at radius 1 is 0.600 bits per heavy atom. The maximum absolute atomic E-state index is 11.5. The normalized spacial score (nSPS) is 11.7. The molecular weight excluding hydrogens is 506 g/mol. The number of unbranched alkanes of at least 4 members (excludes halogenated alkanes) is 17. The van der Waals surface area contributed by atoms with E-state index in [9.17, 15) is 14.4 Å². The molecule has 40 heavy (non-hydrogen) atoms. The number of hydrogen-bond donors (Lipinski definition) is 3. The quantitative estimate of drug-likeness (QED) is 0.0691. The minimum Gasteiger partial charge on any atom is -0.480 e. The molecule has 1 amide bonds. The lowest BCUT2D eigenvalue weighted by Gasteiger charge is -2.26. The topological polar surface area (TPSA) is 124 Å². The van der Waals surface area contributed by atoms with Gasteiger partial charge in [-0.1, -0.05) is 130 Å². The van der Waals surface area contributed by atoms with Gasteiger partial charge in [-0.2, -0.15) is 0 Å². The summed E-state index contributed by atoms with van der Waals surface area (Å²) in [5.74, 6) is -1.81. The molecule has 238 valence electrons. The second kappa shape index (κ2) is 30.3. The van der Waals surface area contributed by atoms with Crippen molar-refractivity contribution in [3.8, 4) is 0 Å². The first-order chi connectivity index (χ1) is 19.2. The van der Waals surface area contributed by atoms with Crippen molar-refractivity contribution in [1.29, 1.82) is 0 Å². The van der Waals surface area contributed by atoms with Crippen molar-refractivity contribution < 1.29 is 24.6 Å². The summed E-state index contributed by atoms with van der Waals surface area (Å²) in [5.41, 5.74) is 5.95. The average Bonchev–Trinajstić information content (AvgIpc) is 2.91. The van der Waals surface area contributed by atoms with Crippen LogP contribution in [0.4, 0.5) is 0 Å². The summed E-state index contributed by atoms with van der Waals surface area (Å²) in [6.07, 6.45) is 25.1. The Balaban J connectivity index is 0. The van der Waals surface area contributed by atoms with E-state index in [4.69, 9.17) is 15.9 Å². The molecule has 0 fully saturated rings. The molecule has 0 aromatic carbocycles. The highest BCUT2D eigenvalue weighted by Crippen LogP contribution is 2.12. The van der Waals surface area contributed by atoms with Crippen LogP contribution in [-0.4, -0.2) is 70.7 Å². The van der Waals surface area contributed by atoms with E-state index in [0.717, 1.165) is 32.2 Å². The molecule has 8 nitrogen and oxygen atoms in total. The molecule has 1 unspecified atom stereocenters. The standard InChI is InChI=1S/C17H36N2O2.C15H29NO3/c1-3-5-6-7-8-9-10-11-12-13-14-19(15-17(20)21)16(18)4-2;1-3-4-5-6-7-8-9-10-11-12-14(17)16(2)13-15(18)19/h16H,3-15,18H2,1-2H3,(H,20,21);3-13H2,1-2H3,(H,18,19). The molecule has 4 N–H and O–H groups in total. The van der Waals surface area contributed by atoms with Crippen LogP contribution in [0.3, 0.4) is 0 Å². The first-order valence-corrected chi connectivity index (χ1v) is 16.4.